The van der Waals surface area contributed by atoms with Crippen molar-refractivity contribution in [1.82, 2.24) is 9.97 Å². The lowest BCUT2D eigenvalue weighted by molar-refractivity contribution is 0.102. The number of nitrogens with zero attached hydrogens (tertiary/aromatic N) is 2. The second-order valence-corrected chi connectivity index (χ2v) is 6.03. The quantitative estimate of drug-likeness (QED) is 0.787. The predicted octanol–water partition coefficient (Wildman–Crippen LogP) is 4.17. The van der Waals surface area contributed by atoms with Gasteiger partial charge in [-0.25, -0.2) is 9.97 Å². The molecule has 1 N–H and O–H groups in total. The van der Waals surface area contributed by atoms with Crippen LogP contribution in [0.2, 0.25) is 5.02 Å². The van der Waals surface area contributed by atoms with Crippen LogP contribution in [0.1, 0.15) is 10.5 Å². The van der Waals surface area contributed by atoms with Gasteiger partial charge in [0.15, 0.2) is 5.13 Å². The molecule has 0 fully saturated rings. The van der Waals surface area contributed by atoms with Gasteiger partial charge in [0, 0.05) is 27.5 Å². The highest BCUT2D eigenvalue weighted by molar-refractivity contribution is 7.14. The van der Waals surface area contributed by atoms with E-state index in [1.807, 2.05) is 18.2 Å². The van der Waals surface area contributed by atoms with Gasteiger partial charge in [0.05, 0.1) is 0 Å². The van der Waals surface area contributed by atoms with Crippen LogP contribution < -0.4 is 5.32 Å². The molecule has 0 spiro atoms. The summed E-state index contributed by atoms with van der Waals surface area (Å²) in [5.74, 6) is -0.260. The molecule has 0 bridgehead atoms. The fraction of sp³-hybridized carbons (Fsp3) is 0. The lowest BCUT2D eigenvalue weighted by Gasteiger charge is -1.98. The first kappa shape index (κ1) is 13.2. The molecule has 0 aliphatic carbocycles. The zero-order valence-electron chi connectivity index (χ0n) is 10.0. The molecule has 1 aromatic carbocycles. The highest BCUT2D eigenvalue weighted by Gasteiger charge is 2.13. The number of carbonyl (C=O) groups is 1. The molecule has 2 heterocycles. The van der Waals surface area contributed by atoms with Crippen molar-refractivity contribution < 1.29 is 4.79 Å². The van der Waals surface area contributed by atoms with Gasteiger partial charge >= 0.3 is 0 Å². The smallest absolute Gasteiger partial charge is 0.276 e. The Bertz CT molecular complexity index is 740. The summed E-state index contributed by atoms with van der Waals surface area (Å²) in [4.78, 5) is 20.3. The van der Waals surface area contributed by atoms with Crippen molar-refractivity contribution in [3.8, 4) is 10.6 Å². The first-order chi connectivity index (χ1) is 9.72. The fourth-order valence-corrected chi connectivity index (χ4v) is 3.09. The van der Waals surface area contributed by atoms with Gasteiger partial charge in [-0.15, -0.1) is 22.7 Å². The zero-order valence-corrected chi connectivity index (χ0v) is 12.4. The van der Waals surface area contributed by atoms with Gasteiger partial charge in [-0.1, -0.05) is 23.7 Å². The average Bonchev–Trinajstić information content (AvgIpc) is 3.09. The van der Waals surface area contributed by atoms with Crippen LogP contribution in [-0.2, 0) is 0 Å². The average molecular weight is 322 g/mol. The van der Waals surface area contributed by atoms with Crippen molar-refractivity contribution in [3.05, 3.63) is 51.9 Å². The lowest BCUT2D eigenvalue weighted by Crippen LogP contribution is -2.11. The summed E-state index contributed by atoms with van der Waals surface area (Å²) in [6, 6.07) is 7.39. The fourth-order valence-electron chi connectivity index (χ4n) is 1.58. The van der Waals surface area contributed by atoms with Crippen molar-refractivity contribution >= 4 is 45.3 Å². The Morgan fingerprint density at radius 2 is 2.20 bits per heavy atom. The van der Waals surface area contributed by atoms with Crippen LogP contribution in [0.15, 0.2) is 41.2 Å². The Morgan fingerprint density at radius 1 is 1.30 bits per heavy atom. The number of anilines is 1. The van der Waals surface area contributed by atoms with Gasteiger partial charge in [-0.2, -0.15) is 0 Å². The summed E-state index contributed by atoms with van der Waals surface area (Å²) in [5.41, 5.74) is 1.27. The first-order valence-corrected chi connectivity index (χ1v) is 7.78. The van der Waals surface area contributed by atoms with Crippen LogP contribution in [0, 0.1) is 0 Å². The summed E-state index contributed by atoms with van der Waals surface area (Å²) in [7, 11) is 0. The predicted molar refractivity (Wildman–Crippen MR) is 82.6 cm³/mol. The number of rotatable bonds is 3. The molecule has 1 amide bonds. The molecule has 4 nitrogen and oxygen atoms in total. The third-order valence-corrected chi connectivity index (χ3v) is 4.28. The van der Waals surface area contributed by atoms with Gasteiger partial charge in [0.1, 0.15) is 10.7 Å². The van der Waals surface area contributed by atoms with E-state index < -0.39 is 0 Å². The van der Waals surface area contributed by atoms with Crippen LogP contribution in [0.4, 0.5) is 5.13 Å². The van der Waals surface area contributed by atoms with Crippen LogP contribution >= 0.6 is 34.3 Å². The summed E-state index contributed by atoms with van der Waals surface area (Å²) in [6.07, 6.45) is 1.64. The van der Waals surface area contributed by atoms with E-state index in [1.165, 1.54) is 22.7 Å². The van der Waals surface area contributed by atoms with E-state index in [0.29, 0.717) is 15.8 Å². The van der Waals surface area contributed by atoms with Gasteiger partial charge in [0.2, 0.25) is 0 Å². The van der Waals surface area contributed by atoms with Crippen LogP contribution in [0.25, 0.3) is 10.6 Å². The zero-order chi connectivity index (χ0) is 13.9. The van der Waals surface area contributed by atoms with Crippen LogP contribution in [-0.4, -0.2) is 15.9 Å². The van der Waals surface area contributed by atoms with Crippen molar-refractivity contribution in [3.63, 3.8) is 0 Å². The number of hydrogen-bond donors (Lipinski definition) is 1. The Labute approximate surface area is 128 Å². The molecule has 0 unspecified atom stereocenters. The number of carbonyl (C=O) groups excluding carboxylic acids is 1. The number of thiazole rings is 2. The topological polar surface area (TPSA) is 54.9 Å². The molecule has 0 aliphatic heterocycles. The van der Waals surface area contributed by atoms with E-state index in [9.17, 15) is 4.79 Å². The SMILES string of the molecule is O=C(Nc1nccs1)c1csc(-c2cccc(Cl)c2)n1. The molecule has 0 atom stereocenters. The van der Waals surface area contributed by atoms with E-state index in [1.54, 1.807) is 23.0 Å². The first-order valence-electron chi connectivity index (χ1n) is 5.65. The molecule has 0 radical (unpaired) electrons. The van der Waals surface area contributed by atoms with Crippen molar-refractivity contribution in [2.45, 2.75) is 0 Å². The third-order valence-electron chi connectivity index (χ3n) is 2.46. The third kappa shape index (κ3) is 2.87. The minimum atomic E-state index is -0.260. The Morgan fingerprint density at radius 3 is 2.95 bits per heavy atom. The minimum Gasteiger partial charge on any atom is -0.296 e. The number of halogens is 1. The standard InChI is InChI=1S/C13H8ClN3OS2/c14-9-3-1-2-8(6-9)12-16-10(7-20-12)11(18)17-13-15-4-5-19-13/h1-7H,(H,15,17,18). The summed E-state index contributed by atoms with van der Waals surface area (Å²) in [5, 5.41) is 8.19. The maximum absolute atomic E-state index is 12.0. The Balaban J connectivity index is 1.81. The largest absolute Gasteiger partial charge is 0.296 e. The monoisotopic (exact) mass is 321 g/mol. The molecule has 2 aromatic heterocycles. The van der Waals surface area contributed by atoms with Gasteiger partial charge in [0.25, 0.3) is 5.91 Å². The molecule has 0 saturated heterocycles. The summed E-state index contributed by atoms with van der Waals surface area (Å²) >= 11 is 8.72. The van der Waals surface area contributed by atoms with Crippen molar-refractivity contribution in [2.24, 2.45) is 0 Å². The second kappa shape index (κ2) is 5.70. The number of amides is 1. The summed E-state index contributed by atoms with van der Waals surface area (Å²) in [6.45, 7) is 0. The van der Waals surface area contributed by atoms with Crippen molar-refractivity contribution in [2.75, 3.05) is 5.32 Å². The highest BCUT2D eigenvalue weighted by Crippen LogP contribution is 2.26. The van der Waals surface area contributed by atoms with E-state index >= 15 is 0 Å². The Kier molecular flexibility index (Phi) is 3.77. The van der Waals surface area contributed by atoms with Crippen molar-refractivity contribution in [1.29, 1.82) is 0 Å². The van der Waals surface area contributed by atoms with E-state index in [0.717, 1.165) is 10.6 Å². The van der Waals surface area contributed by atoms with Crippen LogP contribution in [0.3, 0.4) is 0 Å². The maximum Gasteiger partial charge on any atom is 0.276 e. The normalized spacial score (nSPS) is 10.4. The van der Waals surface area contributed by atoms with Gasteiger partial charge < -0.3 is 0 Å². The molecule has 0 aliphatic rings. The molecule has 3 rings (SSSR count). The number of aromatic nitrogens is 2. The highest BCUT2D eigenvalue weighted by atomic mass is 35.5. The maximum atomic E-state index is 12.0. The van der Waals surface area contributed by atoms with E-state index in [4.69, 9.17) is 11.6 Å². The molecule has 20 heavy (non-hydrogen) atoms. The molecule has 7 heteroatoms. The minimum absolute atomic E-state index is 0.260. The molecule has 100 valence electrons. The number of nitrogens with one attached hydrogen (secondary N) is 1. The van der Waals surface area contributed by atoms with E-state index in [-0.39, 0.29) is 5.91 Å². The Hall–Kier alpha value is -1.76. The lowest BCUT2D eigenvalue weighted by atomic mass is 10.2. The summed E-state index contributed by atoms with van der Waals surface area (Å²) < 4.78 is 0. The molecule has 0 saturated carbocycles. The van der Waals surface area contributed by atoms with Gasteiger partial charge in [-0.3, -0.25) is 10.1 Å². The molecule has 3 aromatic rings. The van der Waals surface area contributed by atoms with E-state index in [2.05, 4.69) is 15.3 Å². The van der Waals surface area contributed by atoms with Crippen LogP contribution in [0.5, 0.6) is 0 Å². The number of benzene rings is 1. The van der Waals surface area contributed by atoms with Gasteiger partial charge in [-0.05, 0) is 12.1 Å². The number of hydrogen-bond acceptors (Lipinski definition) is 5. The molecular weight excluding hydrogens is 314 g/mol. The molecular formula is C13H8ClN3OS2. The second-order valence-electron chi connectivity index (χ2n) is 3.84.